The van der Waals surface area contributed by atoms with Crippen molar-refractivity contribution in [3.63, 3.8) is 0 Å². The third-order valence-electron chi connectivity index (χ3n) is 4.95. The number of hydrogen-bond acceptors (Lipinski definition) is 7. The molecule has 0 aliphatic heterocycles. The minimum atomic E-state index is -2.80. The van der Waals surface area contributed by atoms with Gasteiger partial charge in [-0.25, -0.2) is 15.5 Å². The van der Waals surface area contributed by atoms with Crippen molar-refractivity contribution in [3.8, 4) is 0 Å². The van der Waals surface area contributed by atoms with E-state index in [0.29, 0.717) is 5.56 Å². The molecule has 0 aromatic heterocycles. The van der Waals surface area contributed by atoms with Crippen molar-refractivity contribution in [2.45, 2.75) is 44.4 Å². The highest BCUT2D eigenvalue weighted by molar-refractivity contribution is 6.12. The summed E-state index contributed by atoms with van der Waals surface area (Å²) in [6.07, 6.45) is -1.33. The number of carboxylic acids is 1. The number of ketones is 2. The molecule has 0 saturated heterocycles. The number of hydrogen-bond donors (Lipinski definition) is 3. The number of nitrogens with two attached hydrogens (primary N) is 1. The van der Waals surface area contributed by atoms with Crippen molar-refractivity contribution in [3.05, 3.63) is 71.8 Å². The molecular weight excluding hydrogens is 416 g/mol. The lowest BCUT2D eigenvalue weighted by atomic mass is 9.83. The standard InChI is InChI=1S/C23H26N2O7/c1-2-18(26)20(25-22(30)31-15-17-11-7-4-8-12-17)23(32-24,21(28)29)19(27)14-13-16-9-5-3-6-10-16/h3-12,20H,2,13-15,24H2,1H3,(H,25,30)(H,28,29). The second-order valence-corrected chi connectivity index (χ2v) is 7.03. The van der Waals surface area contributed by atoms with Gasteiger partial charge < -0.3 is 15.2 Å². The molecule has 4 N–H and O–H groups in total. The van der Waals surface area contributed by atoms with Crippen LogP contribution in [0.2, 0.25) is 0 Å². The number of ether oxygens (including phenoxy) is 1. The maximum Gasteiger partial charge on any atom is 0.408 e. The highest BCUT2D eigenvalue weighted by Crippen LogP contribution is 2.22. The normalized spacial score (nSPS) is 13.4. The van der Waals surface area contributed by atoms with Crippen LogP contribution in [0.3, 0.4) is 0 Å². The first-order chi connectivity index (χ1) is 15.3. The number of carbonyl (C=O) groups is 4. The first kappa shape index (κ1) is 24.7. The van der Waals surface area contributed by atoms with Crippen LogP contribution in [-0.4, -0.2) is 40.4 Å². The van der Waals surface area contributed by atoms with Crippen molar-refractivity contribution in [2.24, 2.45) is 5.90 Å². The van der Waals surface area contributed by atoms with Crippen molar-refractivity contribution < 1.29 is 33.9 Å². The van der Waals surface area contributed by atoms with Gasteiger partial charge in [0.15, 0.2) is 11.6 Å². The zero-order valence-electron chi connectivity index (χ0n) is 17.7. The molecule has 2 unspecified atom stereocenters. The van der Waals surface area contributed by atoms with Crippen LogP contribution in [0.4, 0.5) is 4.79 Å². The molecule has 2 rings (SSSR count). The molecule has 0 radical (unpaired) electrons. The van der Waals surface area contributed by atoms with Crippen molar-refractivity contribution >= 4 is 23.6 Å². The van der Waals surface area contributed by atoms with Gasteiger partial charge in [0.1, 0.15) is 12.6 Å². The lowest BCUT2D eigenvalue weighted by Crippen LogP contribution is -2.67. The van der Waals surface area contributed by atoms with Crippen LogP contribution < -0.4 is 11.2 Å². The fraction of sp³-hybridized carbons (Fsp3) is 0.304. The predicted octanol–water partition coefficient (Wildman–Crippen LogP) is 2.18. The quantitative estimate of drug-likeness (QED) is 0.335. The first-order valence-electron chi connectivity index (χ1n) is 10.0. The zero-order chi connectivity index (χ0) is 23.6. The minimum absolute atomic E-state index is 0.120. The van der Waals surface area contributed by atoms with Gasteiger partial charge >= 0.3 is 12.1 Å². The van der Waals surface area contributed by atoms with Gasteiger partial charge in [0, 0.05) is 12.8 Å². The molecule has 1 amide bonds. The second kappa shape index (κ2) is 11.7. The summed E-state index contributed by atoms with van der Waals surface area (Å²) in [5.74, 6) is 1.78. The zero-order valence-corrected chi connectivity index (χ0v) is 17.7. The number of aryl methyl sites for hydroxylation is 1. The Morgan fingerprint density at radius 2 is 1.56 bits per heavy atom. The molecule has 0 fully saturated rings. The Labute approximate surface area is 185 Å². The average molecular weight is 442 g/mol. The van der Waals surface area contributed by atoms with E-state index in [-0.39, 0.29) is 25.9 Å². The molecule has 0 aliphatic carbocycles. The summed E-state index contributed by atoms with van der Waals surface area (Å²) >= 11 is 0. The lowest BCUT2D eigenvalue weighted by molar-refractivity contribution is -0.179. The van der Waals surface area contributed by atoms with Gasteiger partial charge in [0.2, 0.25) is 0 Å². The van der Waals surface area contributed by atoms with E-state index in [1.807, 2.05) is 0 Å². The molecule has 0 bridgehead atoms. The van der Waals surface area contributed by atoms with E-state index in [1.165, 1.54) is 6.92 Å². The van der Waals surface area contributed by atoms with Crippen molar-refractivity contribution in [2.75, 3.05) is 0 Å². The van der Waals surface area contributed by atoms with Gasteiger partial charge in [-0.15, -0.1) is 0 Å². The van der Waals surface area contributed by atoms with Gasteiger partial charge in [0.05, 0.1) is 0 Å². The fourth-order valence-electron chi connectivity index (χ4n) is 3.17. The molecular formula is C23H26N2O7. The summed E-state index contributed by atoms with van der Waals surface area (Å²) in [7, 11) is 0. The Morgan fingerprint density at radius 3 is 2.06 bits per heavy atom. The average Bonchev–Trinajstić information content (AvgIpc) is 2.82. The van der Waals surface area contributed by atoms with Crippen LogP contribution in [0.5, 0.6) is 0 Å². The summed E-state index contributed by atoms with van der Waals surface area (Å²) in [5, 5.41) is 12.0. The largest absolute Gasteiger partial charge is 0.479 e. The third-order valence-corrected chi connectivity index (χ3v) is 4.95. The van der Waals surface area contributed by atoms with Crippen LogP contribution >= 0.6 is 0 Å². The van der Waals surface area contributed by atoms with Crippen molar-refractivity contribution in [1.29, 1.82) is 0 Å². The van der Waals surface area contributed by atoms with Crippen LogP contribution in [0.1, 0.15) is 30.9 Å². The second-order valence-electron chi connectivity index (χ2n) is 7.03. The van der Waals surface area contributed by atoms with Gasteiger partial charge in [-0.2, -0.15) is 0 Å². The highest BCUT2D eigenvalue weighted by atomic mass is 16.7. The topological polar surface area (TPSA) is 145 Å². The van der Waals surface area contributed by atoms with Gasteiger partial charge in [-0.3, -0.25) is 14.4 Å². The Bertz CT molecular complexity index is 934. The van der Waals surface area contributed by atoms with Crippen LogP contribution in [0, 0.1) is 0 Å². The number of aliphatic carboxylic acids is 1. The maximum absolute atomic E-state index is 13.0. The molecule has 0 spiro atoms. The number of rotatable bonds is 12. The molecule has 0 saturated carbocycles. The first-order valence-corrected chi connectivity index (χ1v) is 10.0. The number of carboxylic acid groups (broad SMARTS) is 1. The number of alkyl carbamates (subject to hydrolysis) is 1. The highest BCUT2D eigenvalue weighted by Gasteiger charge is 2.57. The maximum atomic E-state index is 13.0. The van der Waals surface area contributed by atoms with E-state index in [0.717, 1.165) is 5.56 Å². The molecule has 2 aromatic carbocycles. The van der Waals surface area contributed by atoms with E-state index < -0.39 is 35.3 Å². The summed E-state index contributed by atoms with van der Waals surface area (Å²) in [5.41, 5.74) is -1.33. The summed E-state index contributed by atoms with van der Waals surface area (Å²) in [4.78, 5) is 54.8. The third kappa shape index (κ3) is 5.99. The summed E-state index contributed by atoms with van der Waals surface area (Å²) in [6.45, 7) is 1.34. The monoisotopic (exact) mass is 442 g/mol. The van der Waals surface area contributed by atoms with E-state index in [4.69, 9.17) is 10.6 Å². The van der Waals surface area contributed by atoms with E-state index >= 15 is 0 Å². The number of Topliss-reactive ketones (excluding diaryl/α,β-unsaturated/α-hetero) is 2. The molecule has 170 valence electrons. The minimum Gasteiger partial charge on any atom is -0.479 e. The molecule has 32 heavy (non-hydrogen) atoms. The predicted molar refractivity (Wildman–Crippen MR) is 114 cm³/mol. The molecule has 9 nitrogen and oxygen atoms in total. The van der Waals surface area contributed by atoms with Gasteiger partial charge in [-0.1, -0.05) is 67.6 Å². The van der Waals surface area contributed by atoms with Gasteiger partial charge in [0.25, 0.3) is 5.60 Å². The number of carbonyl (C=O) groups excluding carboxylic acids is 3. The SMILES string of the molecule is CCC(=O)C(NC(=O)OCc1ccccc1)C(ON)(C(=O)O)C(=O)CCc1ccccc1. The summed E-state index contributed by atoms with van der Waals surface area (Å²) in [6, 6.07) is 15.8. The molecule has 0 aliphatic rings. The molecule has 2 aromatic rings. The fourth-order valence-corrected chi connectivity index (χ4v) is 3.17. The Morgan fingerprint density at radius 1 is 1.00 bits per heavy atom. The van der Waals surface area contributed by atoms with Crippen LogP contribution in [0.15, 0.2) is 60.7 Å². The number of benzene rings is 2. The Kier molecular flexibility index (Phi) is 9.06. The molecule has 0 heterocycles. The molecule has 2 atom stereocenters. The van der Waals surface area contributed by atoms with Gasteiger partial charge in [-0.05, 0) is 17.5 Å². The van der Waals surface area contributed by atoms with Crippen LogP contribution in [-0.2, 0) is 37.0 Å². The van der Waals surface area contributed by atoms with Crippen LogP contribution in [0.25, 0.3) is 0 Å². The van der Waals surface area contributed by atoms with Crippen molar-refractivity contribution in [1.82, 2.24) is 5.32 Å². The summed E-state index contributed by atoms with van der Waals surface area (Å²) < 4.78 is 5.08. The lowest BCUT2D eigenvalue weighted by Gasteiger charge is -2.32. The number of amides is 1. The smallest absolute Gasteiger partial charge is 0.408 e. The number of nitrogens with one attached hydrogen (secondary N) is 1. The molecule has 9 heteroatoms. The van der Waals surface area contributed by atoms with E-state index in [1.54, 1.807) is 60.7 Å². The Hall–Kier alpha value is -3.56. The Balaban J connectivity index is 2.22. The van der Waals surface area contributed by atoms with E-state index in [9.17, 15) is 24.3 Å². The van der Waals surface area contributed by atoms with E-state index in [2.05, 4.69) is 10.2 Å².